The van der Waals surface area contributed by atoms with E-state index in [1.54, 1.807) is 12.1 Å². The van der Waals surface area contributed by atoms with E-state index in [1.807, 2.05) is 17.9 Å². The van der Waals surface area contributed by atoms with Gasteiger partial charge in [0, 0.05) is 35.8 Å². The molecule has 2 atom stereocenters. The fourth-order valence-electron chi connectivity index (χ4n) is 2.25. The molecule has 0 radical (unpaired) electrons. The summed E-state index contributed by atoms with van der Waals surface area (Å²) in [4.78, 5) is 14.4. The minimum absolute atomic E-state index is 0. The van der Waals surface area contributed by atoms with Crippen molar-refractivity contribution in [2.45, 2.75) is 32.9 Å². The number of hydrogen-bond donors (Lipinski definition) is 1. The Morgan fingerprint density at radius 1 is 1.42 bits per heavy atom. The predicted octanol–water partition coefficient (Wildman–Crippen LogP) is 2.89. The molecule has 1 aliphatic heterocycles. The summed E-state index contributed by atoms with van der Waals surface area (Å²) in [5.74, 6) is 0.0932. The van der Waals surface area contributed by atoms with Crippen LogP contribution in [0.15, 0.2) is 18.2 Å². The number of carbonyl (C=O) groups is 1. The van der Waals surface area contributed by atoms with Crippen LogP contribution in [0.4, 0.5) is 0 Å². The van der Waals surface area contributed by atoms with Crippen molar-refractivity contribution < 1.29 is 4.79 Å². The van der Waals surface area contributed by atoms with Crippen molar-refractivity contribution in [2.75, 3.05) is 13.1 Å². The molecule has 1 amide bonds. The second kappa shape index (κ2) is 6.60. The van der Waals surface area contributed by atoms with Crippen molar-refractivity contribution in [3.8, 4) is 0 Å². The molecule has 0 aromatic heterocycles. The van der Waals surface area contributed by atoms with E-state index in [2.05, 4.69) is 19.2 Å². The van der Waals surface area contributed by atoms with Crippen molar-refractivity contribution in [1.82, 2.24) is 10.2 Å². The Morgan fingerprint density at radius 3 is 2.74 bits per heavy atom. The summed E-state index contributed by atoms with van der Waals surface area (Å²) in [5.41, 5.74) is 1.66. The zero-order chi connectivity index (χ0) is 13.3. The standard InChI is InChI=1S/C14H19ClN2O.ClH/c1-9-6-12(4-5-13(9)15)14(18)17-8-10(2)16-7-11(17)3;/h4-6,10-11,16H,7-8H2,1-3H3;1H. The van der Waals surface area contributed by atoms with Crippen LogP contribution in [0.3, 0.4) is 0 Å². The van der Waals surface area contributed by atoms with Gasteiger partial charge in [0.2, 0.25) is 0 Å². The Kier molecular flexibility index (Phi) is 5.65. The Balaban J connectivity index is 0.00000180. The van der Waals surface area contributed by atoms with Gasteiger partial charge in [0.05, 0.1) is 0 Å². The Labute approximate surface area is 125 Å². The van der Waals surface area contributed by atoms with Crippen LogP contribution >= 0.6 is 24.0 Å². The molecule has 106 valence electrons. The smallest absolute Gasteiger partial charge is 0.254 e. The van der Waals surface area contributed by atoms with Gasteiger partial charge in [-0.1, -0.05) is 11.6 Å². The Bertz CT molecular complexity index is 465. The molecule has 0 spiro atoms. The summed E-state index contributed by atoms with van der Waals surface area (Å²) < 4.78 is 0. The number of halogens is 2. The molecule has 1 N–H and O–H groups in total. The second-order valence-corrected chi connectivity index (χ2v) is 5.49. The number of hydrogen-bond acceptors (Lipinski definition) is 2. The number of amides is 1. The lowest BCUT2D eigenvalue weighted by molar-refractivity contribution is 0.0616. The van der Waals surface area contributed by atoms with Gasteiger partial charge in [-0.25, -0.2) is 0 Å². The maximum atomic E-state index is 12.5. The molecule has 5 heteroatoms. The van der Waals surface area contributed by atoms with E-state index in [4.69, 9.17) is 11.6 Å². The van der Waals surface area contributed by atoms with Crippen LogP contribution in [0.5, 0.6) is 0 Å². The maximum absolute atomic E-state index is 12.5. The summed E-state index contributed by atoms with van der Waals surface area (Å²) in [6.45, 7) is 7.68. The first kappa shape index (κ1) is 16.3. The molecule has 0 aliphatic carbocycles. The minimum atomic E-state index is 0. The molecule has 1 saturated heterocycles. The van der Waals surface area contributed by atoms with Crippen LogP contribution in [-0.2, 0) is 0 Å². The molecular formula is C14H20Cl2N2O. The van der Waals surface area contributed by atoms with Crippen molar-refractivity contribution >= 4 is 29.9 Å². The number of aryl methyl sites for hydroxylation is 1. The average molecular weight is 303 g/mol. The zero-order valence-corrected chi connectivity index (χ0v) is 13.0. The van der Waals surface area contributed by atoms with E-state index in [0.29, 0.717) is 11.1 Å². The zero-order valence-electron chi connectivity index (χ0n) is 11.4. The molecule has 3 nitrogen and oxygen atoms in total. The maximum Gasteiger partial charge on any atom is 0.254 e. The topological polar surface area (TPSA) is 32.3 Å². The molecule has 19 heavy (non-hydrogen) atoms. The van der Waals surface area contributed by atoms with Crippen LogP contribution in [0, 0.1) is 6.92 Å². The number of piperazine rings is 1. The van der Waals surface area contributed by atoms with Gasteiger partial charge in [-0.15, -0.1) is 12.4 Å². The molecule has 1 fully saturated rings. The van der Waals surface area contributed by atoms with Crippen molar-refractivity contribution in [1.29, 1.82) is 0 Å². The highest BCUT2D eigenvalue weighted by molar-refractivity contribution is 6.31. The molecule has 1 aliphatic rings. The summed E-state index contributed by atoms with van der Waals surface area (Å²) in [5, 5.41) is 4.08. The van der Waals surface area contributed by atoms with Gasteiger partial charge in [-0.3, -0.25) is 4.79 Å². The highest BCUT2D eigenvalue weighted by Gasteiger charge is 2.27. The molecule has 1 aromatic carbocycles. The molecule has 2 unspecified atom stereocenters. The van der Waals surface area contributed by atoms with Crippen LogP contribution < -0.4 is 5.32 Å². The van der Waals surface area contributed by atoms with E-state index >= 15 is 0 Å². The van der Waals surface area contributed by atoms with E-state index < -0.39 is 0 Å². The van der Waals surface area contributed by atoms with Gasteiger partial charge >= 0.3 is 0 Å². The summed E-state index contributed by atoms with van der Waals surface area (Å²) >= 11 is 5.99. The fourth-order valence-corrected chi connectivity index (χ4v) is 2.37. The van der Waals surface area contributed by atoms with Gasteiger partial charge in [0.25, 0.3) is 5.91 Å². The third-order valence-electron chi connectivity index (χ3n) is 3.43. The monoisotopic (exact) mass is 302 g/mol. The molecule has 1 aromatic rings. The molecule has 0 saturated carbocycles. The molecule has 0 bridgehead atoms. The van der Waals surface area contributed by atoms with E-state index in [0.717, 1.165) is 24.2 Å². The van der Waals surface area contributed by atoms with Gasteiger partial charge < -0.3 is 10.2 Å². The lowest BCUT2D eigenvalue weighted by Gasteiger charge is -2.37. The third kappa shape index (κ3) is 3.62. The quantitative estimate of drug-likeness (QED) is 0.865. The lowest BCUT2D eigenvalue weighted by Crippen LogP contribution is -2.56. The van der Waals surface area contributed by atoms with Crippen molar-refractivity contribution in [3.63, 3.8) is 0 Å². The molecular weight excluding hydrogens is 283 g/mol. The van der Waals surface area contributed by atoms with Gasteiger partial charge in [-0.2, -0.15) is 0 Å². The SMILES string of the molecule is Cc1cc(C(=O)N2CC(C)NCC2C)ccc1Cl.Cl. The fraction of sp³-hybridized carbons (Fsp3) is 0.500. The van der Waals surface area contributed by atoms with Crippen LogP contribution in [0.25, 0.3) is 0 Å². The molecule has 2 rings (SSSR count). The predicted molar refractivity (Wildman–Crippen MR) is 81.4 cm³/mol. The summed E-state index contributed by atoms with van der Waals surface area (Å²) in [7, 11) is 0. The number of nitrogens with zero attached hydrogens (tertiary/aromatic N) is 1. The van der Waals surface area contributed by atoms with E-state index in [-0.39, 0.29) is 24.4 Å². The Morgan fingerprint density at radius 2 is 2.11 bits per heavy atom. The van der Waals surface area contributed by atoms with Gasteiger partial charge in [0.15, 0.2) is 0 Å². The minimum Gasteiger partial charge on any atom is -0.333 e. The van der Waals surface area contributed by atoms with Crippen molar-refractivity contribution in [3.05, 3.63) is 34.3 Å². The number of nitrogens with one attached hydrogen (secondary N) is 1. The van der Waals surface area contributed by atoms with Crippen molar-refractivity contribution in [2.24, 2.45) is 0 Å². The second-order valence-electron chi connectivity index (χ2n) is 5.08. The van der Waals surface area contributed by atoms with Gasteiger partial charge in [0.1, 0.15) is 0 Å². The third-order valence-corrected chi connectivity index (χ3v) is 3.85. The van der Waals surface area contributed by atoms with E-state index in [9.17, 15) is 4.79 Å². The first-order valence-corrected chi connectivity index (χ1v) is 6.67. The van der Waals surface area contributed by atoms with Crippen LogP contribution in [-0.4, -0.2) is 36.0 Å². The molecule has 1 heterocycles. The van der Waals surface area contributed by atoms with Crippen LogP contribution in [0.2, 0.25) is 5.02 Å². The lowest BCUT2D eigenvalue weighted by atomic mass is 10.1. The van der Waals surface area contributed by atoms with E-state index in [1.165, 1.54) is 0 Å². The largest absolute Gasteiger partial charge is 0.333 e. The Hall–Kier alpha value is -0.770. The normalized spacial score (nSPS) is 22.8. The highest BCUT2D eigenvalue weighted by atomic mass is 35.5. The van der Waals surface area contributed by atoms with Gasteiger partial charge in [-0.05, 0) is 44.5 Å². The first-order valence-electron chi connectivity index (χ1n) is 6.29. The number of carbonyl (C=O) groups excluding carboxylic acids is 1. The van der Waals surface area contributed by atoms with Crippen LogP contribution in [0.1, 0.15) is 29.8 Å². The number of rotatable bonds is 1. The highest BCUT2D eigenvalue weighted by Crippen LogP contribution is 2.19. The first-order chi connectivity index (χ1) is 8.49. The average Bonchev–Trinajstić information content (AvgIpc) is 2.35. The summed E-state index contributed by atoms with van der Waals surface area (Å²) in [6, 6.07) is 6.03. The summed E-state index contributed by atoms with van der Waals surface area (Å²) in [6.07, 6.45) is 0. The number of benzene rings is 1.